The molecule has 3 amide bonds. The first-order chi connectivity index (χ1) is 15.7. The van der Waals surface area contributed by atoms with Gasteiger partial charge in [-0.2, -0.15) is 0 Å². The molecule has 0 saturated heterocycles. The first-order valence-corrected chi connectivity index (χ1v) is 10.2. The maximum atomic E-state index is 12.4. The van der Waals surface area contributed by atoms with Crippen LogP contribution in [0.15, 0.2) is 97.6 Å². The summed E-state index contributed by atoms with van der Waals surface area (Å²) in [6, 6.07) is 23.6. The average molecular weight is 425 g/mol. The maximum absolute atomic E-state index is 12.4. The number of hydrogen-bond acceptors (Lipinski definition) is 3. The lowest BCUT2D eigenvalue weighted by Crippen LogP contribution is -2.28. The summed E-state index contributed by atoms with van der Waals surface area (Å²) < 4.78 is 1.98. The second-order valence-electron chi connectivity index (χ2n) is 7.21. The van der Waals surface area contributed by atoms with Crippen molar-refractivity contribution in [1.29, 1.82) is 0 Å². The number of nitrogens with zero attached hydrogens (tertiary/aromatic N) is 2. The van der Waals surface area contributed by atoms with Crippen LogP contribution in [0, 0.1) is 0 Å². The van der Waals surface area contributed by atoms with Gasteiger partial charge >= 0.3 is 6.03 Å². The van der Waals surface area contributed by atoms with Gasteiger partial charge in [-0.05, 0) is 47.5 Å². The van der Waals surface area contributed by atoms with Gasteiger partial charge in [0.05, 0.1) is 6.33 Å². The van der Waals surface area contributed by atoms with Crippen LogP contribution in [0.5, 0.6) is 0 Å². The molecule has 0 unspecified atom stereocenters. The highest BCUT2D eigenvalue weighted by molar-refractivity contribution is 6.04. The Bertz CT molecular complexity index is 1170. The predicted octanol–water partition coefficient (Wildman–Crippen LogP) is 4.51. The third kappa shape index (κ3) is 5.60. The molecular formula is C25H23N5O2. The summed E-state index contributed by atoms with van der Waals surface area (Å²) in [5.74, 6) is -0.207. The molecule has 0 aliphatic heterocycles. The smallest absolute Gasteiger partial charge is 0.319 e. The lowest BCUT2D eigenvalue weighted by Gasteiger charge is -2.12. The summed E-state index contributed by atoms with van der Waals surface area (Å²) in [7, 11) is 0. The fourth-order valence-corrected chi connectivity index (χ4v) is 3.24. The van der Waals surface area contributed by atoms with Crippen LogP contribution in [0.25, 0.3) is 0 Å². The highest BCUT2D eigenvalue weighted by Crippen LogP contribution is 2.13. The van der Waals surface area contributed by atoms with E-state index in [1.807, 2.05) is 65.4 Å². The molecular weight excluding hydrogens is 402 g/mol. The van der Waals surface area contributed by atoms with Gasteiger partial charge in [0.2, 0.25) is 0 Å². The monoisotopic (exact) mass is 425 g/mol. The molecule has 7 heteroatoms. The van der Waals surface area contributed by atoms with E-state index < -0.39 is 0 Å². The highest BCUT2D eigenvalue weighted by atomic mass is 16.2. The number of urea groups is 1. The Morgan fingerprint density at radius 1 is 0.781 bits per heavy atom. The molecule has 0 aliphatic carbocycles. The van der Waals surface area contributed by atoms with Gasteiger partial charge in [-0.3, -0.25) is 4.79 Å². The molecule has 0 bridgehead atoms. The van der Waals surface area contributed by atoms with Crippen LogP contribution in [0.4, 0.5) is 16.2 Å². The van der Waals surface area contributed by atoms with Crippen molar-refractivity contribution in [1.82, 2.24) is 14.9 Å². The molecule has 1 aromatic heterocycles. The molecule has 4 rings (SSSR count). The van der Waals surface area contributed by atoms with Gasteiger partial charge < -0.3 is 20.5 Å². The van der Waals surface area contributed by atoms with E-state index in [2.05, 4.69) is 20.9 Å². The molecule has 0 radical (unpaired) electrons. The van der Waals surface area contributed by atoms with Crippen molar-refractivity contribution in [3.63, 3.8) is 0 Å². The van der Waals surface area contributed by atoms with Crippen molar-refractivity contribution in [2.24, 2.45) is 0 Å². The van der Waals surface area contributed by atoms with Crippen LogP contribution in [0.3, 0.4) is 0 Å². The van der Waals surface area contributed by atoms with E-state index in [1.165, 1.54) is 0 Å². The topological polar surface area (TPSA) is 88.1 Å². The number of amides is 3. The number of nitrogens with one attached hydrogen (secondary N) is 3. The van der Waals surface area contributed by atoms with Gasteiger partial charge in [0.25, 0.3) is 5.91 Å². The molecule has 0 spiro atoms. The van der Waals surface area contributed by atoms with Crippen LogP contribution >= 0.6 is 0 Å². The zero-order valence-corrected chi connectivity index (χ0v) is 17.4. The minimum Gasteiger partial charge on any atom is -0.334 e. The summed E-state index contributed by atoms with van der Waals surface area (Å²) in [4.78, 5) is 28.8. The first kappa shape index (κ1) is 20.9. The van der Waals surface area contributed by atoms with Crippen LogP contribution in [-0.2, 0) is 13.1 Å². The summed E-state index contributed by atoms with van der Waals surface area (Å²) >= 11 is 0. The minimum absolute atomic E-state index is 0.207. The quantitative estimate of drug-likeness (QED) is 0.407. The summed E-state index contributed by atoms with van der Waals surface area (Å²) in [5.41, 5.74) is 3.98. The molecule has 1 heterocycles. The summed E-state index contributed by atoms with van der Waals surface area (Å²) in [6.45, 7) is 1.08. The first-order valence-electron chi connectivity index (χ1n) is 10.2. The Kier molecular flexibility index (Phi) is 6.57. The van der Waals surface area contributed by atoms with Gasteiger partial charge in [-0.25, -0.2) is 9.78 Å². The third-order valence-electron chi connectivity index (χ3n) is 4.91. The van der Waals surface area contributed by atoms with Gasteiger partial charge in [0.1, 0.15) is 0 Å². The van der Waals surface area contributed by atoms with Crippen molar-refractivity contribution in [3.8, 4) is 0 Å². The molecule has 4 aromatic rings. The molecule has 160 valence electrons. The van der Waals surface area contributed by atoms with Crippen molar-refractivity contribution in [3.05, 3.63) is 114 Å². The van der Waals surface area contributed by atoms with Crippen LogP contribution < -0.4 is 16.0 Å². The lowest BCUT2D eigenvalue weighted by atomic mass is 10.1. The average Bonchev–Trinajstić information content (AvgIpc) is 3.33. The minimum atomic E-state index is -0.316. The number of benzene rings is 3. The van der Waals surface area contributed by atoms with Gasteiger partial charge in [-0.1, -0.05) is 42.5 Å². The maximum Gasteiger partial charge on any atom is 0.319 e. The fourth-order valence-electron chi connectivity index (χ4n) is 3.24. The van der Waals surface area contributed by atoms with Crippen molar-refractivity contribution in [2.45, 2.75) is 13.1 Å². The SMILES string of the molecule is O=C(NCc1ccccc1Cn1ccnc1)Nc1ccc(C(=O)Nc2ccccc2)cc1. The number of carbonyl (C=O) groups excluding carboxylic acids is 2. The van der Waals surface area contributed by atoms with E-state index >= 15 is 0 Å². The van der Waals surface area contributed by atoms with Crippen molar-refractivity contribution >= 4 is 23.3 Å². The largest absolute Gasteiger partial charge is 0.334 e. The van der Waals surface area contributed by atoms with E-state index in [4.69, 9.17) is 0 Å². The van der Waals surface area contributed by atoms with Crippen LogP contribution in [-0.4, -0.2) is 21.5 Å². The number of hydrogen-bond donors (Lipinski definition) is 3. The van der Waals surface area contributed by atoms with Crippen molar-refractivity contribution in [2.75, 3.05) is 10.6 Å². The molecule has 0 atom stereocenters. The fraction of sp³-hybridized carbons (Fsp3) is 0.0800. The number of aromatic nitrogens is 2. The van der Waals surface area contributed by atoms with Crippen LogP contribution in [0.1, 0.15) is 21.5 Å². The number of para-hydroxylation sites is 1. The van der Waals surface area contributed by atoms with E-state index in [-0.39, 0.29) is 11.9 Å². The number of anilines is 2. The second kappa shape index (κ2) is 10.1. The van der Waals surface area contributed by atoms with Gasteiger partial charge in [0.15, 0.2) is 0 Å². The van der Waals surface area contributed by atoms with E-state index in [1.54, 1.807) is 36.8 Å². The van der Waals surface area contributed by atoms with E-state index in [9.17, 15) is 9.59 Å². The molecule has 0 fully saturated rings. The van der Waals surface area contributed by atoms with E-state index in [0.717, 1.165) is 16.8 Å². The lowest BCUT2D eigenvalue weighted by molar-refractivity contribution is 0.102. The highest BCUT2D eigenvalue weighted by Gasteiger charge is 2.08. The normalized spacial score (nSPS) is 10.4. The summed E-state index contributed by atoms with van der Waals surface area (Å²) in [5, 5.41) is 8.51. The Balaban J connectivity index is 1.31. The number of rotatable bonds is 7. The van der Waals surface area contributed by atoms with Gasteiger partial charge in [0, 0.05) is 42.4 Å². The molecule has 7 nitrogen and oxygen atoms in total. The van der Waals surface area contributed by atoms with Crippen molar-refractivity contribution < 1.29 is 9.59 Å². The predicted molar refractivity (Wildman–Crippen MR) is 124 cm³/mol. The number of imidazole rings is 1. The zero-order chi connectivity index (χ0) is 22.2. The standard InChI is InChI=1S/C25H23N5O2/c31-24(28-22-8-2-1-3-9-22)19-10-12-23(13-11-19)29-25(32)27-16-20-6-4-5-7-21(20)17-30-15-14-26-18-30/h1-15,18H,16-17H2,(H,28,31)(H2,27,29,32). The number of carbonyl (C=O) groups is 2. The molecule has 3 N–H and O–H groups in total. The van der Waals surface area contributed by atoms with Crippen LogP contribution in [0.2, 0.25) is 0 Å². The Labute approximate surface area is 186 Å². The summed E-state index contributed by atoms with van der Waals surface area (Å²) in [6.07, 6.45) is 5.41. The molecule has 0 aliphatic rings. The second-order valence-corrected chi connectivity index (χ2v) is 7.21. The third-order valence-corrected chi connectivity index (χ3v) is 4.91. The van der Waals surface area contributed by atoms with E-state index in [0.29, 0.717) is 24.3 Å². The Morgan fingerprint density at radius 2 is 1.47 bits per heavy atom. The zero-order valence-electron chi connectivity index (χ0n) is 17.4. The Morgan fingerprint density at radius 3 is 2.19 bits per heavy atom. The molecule has 32 heavy (non-hydrogen) atoms. The molecule has 3 aromatic carbocycles. The molecule has 0 saturated carbocycles. The Hall–Kier alpha value is -4.39. The van der Waals surface area contributed by atoms with Gasteiger partial charge in [-0.15, -0.1) is 0 Å².